The van der Waals surface area contributed by atoms with Crippen LogP contribution in [0, 0.1) is 11.8 Å². The Labute approximate surface area is 186 Å². The molecule has 0 spiro atoms. The number of carbonyl (C=O) groups excluding carboxylic acids is 3. The van der Waals surface area contributed by atoms with Gasteiger partial charge < -0.3 is 0 Å². The third-order valence-corrected chi connectivity index (χ3v) is 7.49. The summed E-state index contributed by atoms with van der Waals surface area (Å²) >= 11 is 0. The molecule has 1 fully saturated rings. The number of carbonyl (C=O) groups is 3. The van der Waals surface area contributed by atoms with Gasteiger partial charge in [-0.25, -0.2) is 0 Å². The number of hydrazine groups is 1. The van der Waals surface area contributed by atoms with Crippen LogP contribution in [0.15, 0.2) is 78.9 Å². The van der Waals surface area contributed by atoms with E-state index in [1.54, 1.807) is 0 Å². The van der Waals surface area contributed by atoms with E-state index in [4.69, 9.17) is 0 Å². The van der Waals surface area contributed by atoms with Crippen LogP contribution < -0.4 is 5.43 Å². The highest BCUT2D eigenvalue weighted by atomic mass is 16.2. The first-order chi connectivity index (χ1) is 15.5. The lowest BCUT2D eigenvalue weighted by Crippen LogP contribution is -2.52. The van der Waals surface area contributed by atoms with Crippen molar-refractivity contribution in [2.75, 3.05) is 0 Å². The van der Waals surface area contributed by atoms with Gasteiger partial charge in [-0.1, -0.05) is 85.8 Å². The van der Waals surface area contributed by atoms with Crippen molar-refractivity contribution in [3.63, 3.8) is 0 Å². The highest BCUT2D eigenvalue weighted by molar-refractivity contribution is 6.09. The smallest absolute Gasteiger partial charge is 0.253 e. The monoisotopic (exact) mass is 422 g/mol. The first-order valence-electron chi connectivity index (χ1n) is 10.9. The summed E-state index contributed by atoms with van der Waals surface area (Å²) in [6.07, 6.45) is 0.106. The van der Waals surface area contributed by atoms with Crippen molar-refractivity contribution in [2.24, 2.45) is 11.8 Å². The van der Waals surface area contributed by atoms with Crippen LogP contribution >= 0.6 is 0 Å². The zero-order chi connectivity index (χ0) is 22.0. The van der Waals surface area contributed by atoms with E-state index in [-0.39, 0.29) is 30.1 Å². The molecule has 1 aliphatic heterocycles. The molecule has 0 saturated carbocycles. The Morgan fingerprint density at radius 3 is 2.03 bits per heavy atom. The molecular weight excluding hydrogens is 400 g/mol. The van der Waals surface area contributed by atoms with Crippen LogP contribution in [0.4, 0.5) is 0 Å². The third kappa shape index (κ3) is 2.36. The van der Waals surface area contributed by atoms with Gasteiger partial charge in [0, 0.05) is 11.3 Å². The van der Waals surface area contributed by atoms with E-state index < -0.39 is 17.3 Å². The van der Waals surface area contributed by atoms with Gasteiger partial charge in [-0.2, -0.15) is 5.01 Å². The number of amides is 3. The molecule has 5 heteroatoms. The summed E-state index contributed by atoms with van der Waals surface area (Å²) in [5, 5.41) is 0.990. The summed E-state index contributed by atoms with van der Waals surface area (Å²) < 4.78 is 0. The maximum atomic E-state index is 13.6. The van der Waals surface area contributed by atoms with E-state index in [2.05, 4.69) is 36.6 Å². The molecule has 1 N–H and O–H groups in total. The van der Waals surface area contributed by atoms with Gasteiger partial charge in [0.15, 0.2) is 0 Å². The molecular formula is C27H22N2O3. The van der Waals surface area contributed by atoms with Gasteiger partial charge >= 0.3 is 0 Å². The van der Waals surface area contributed by atoms with Crippen LogP contribution in [-0.4, -0.2) is 22.7 Å². The van der Waals surface area contributed by atoms with E-state index in [9.17, 15) is 14.4 Å². The molecule has 0 radical (unpaired) electrons. The minimum Gasteiger partial charge on any atom is -0.273 e. The Bertz CT molecular complexity index is 1240. The molecule has 2 unspecified atom stereocenters. The Morgan fingerprint density at radius 1 is 0.844 bits per heavy atom. The largest absolute Gasteiger partial charge is 0.273 e. The predicted octanol–water partition coefficient (Wildman–Crippen LogP) is 3.33. The molecule has 4 aliphatic rings. The van der Waals surface area contributed by atoms with Crippen molar-refractivity contribution in [2.45, 2.75) is 24.7 Å². The first-order valence-corrected chi connectivity index (χ1v) is 10.9. The molecule has 1 saturated heterocycles. The van der Waals surface area contributed by atoms with Crippen LogP contribution in [-0.2, 0) is 26.2 Å². The molecule has 32 heavy (non-hydrogen) atoms. The summed E-state index contributed by atoms with van der Waals surface area (Å²) in [5.41, 5.74) is 7.23. The van der Waals surface area contributed by atoms with Gasteiger partial charge in [0.1, 0.15) is 0 Å². The molecule has 3 aromatic carbocycles. The number of nitrogens with one attached hydrogen (secondary N) is 1. The number of hydrogen-bond donors (Lipinski definition) is 1. The molecule has 2 atom stereocenters. The average molecular weight is 422 g/mol. The number of benzene rings is 3. The third-order valence-electron chi connectivity index (χ3n) is 7.49. The zero-order valence-corrected chi connectivity index (χ0v) is 17.6. The summed E-state index contributed by atoms with van der Waals surface area (Å²) in [4.78, 5) is 39.9. The fourth-order valence-electron chi connectivity index (χ4n) is 6.21. The Balaban J connectivity index is 1.41. The van der Waals surface area contributed by atoms with Gasteiger partial charge in [0.2, 0.25) is 5.91 Å². The van der Waals surface area contributed by atoms with Crippen LogP contribution in [0.2, 0.25) is 0 Å². The van der Waals surface area contributed by atoms with Crippen molar-refractivity contribution in [1.82, 2.24) is 10.4 Å². The molecule has 158 valence electrons. The lowest BCUT2D eigenvalue weighted by atomic mass is 9.48. The number of hydrogen-bond acceptors (Lipinski definition) is 3. The molecule has 3 amide bonds. The fraction of sp³-hybridized carbons (Fsp3) is 0.222. The predicted molar refractivity (Wildman–Crippen MR) is 118 cm³/mol. The van der Waals surface area contributed by atoms with Crippen LogP contribution in [0.1, 0.15) is 40.7 Å². The second-order valence-corrected chi connectivity index (χ2v) is 9.07. The Morgan fingerprint density at radius 2 is 1.41 bits per heavy atom. The van der Waals surface area contributed by atoms with Gasteiger partial charge in [0.05, 0.1) is 18.3 Å². The highest BCUT2D eigenvalue weighted by Crippen LogP contribution is 2.63. The van der Waals surface area contributed by atoms with Gasteiger partial charge in [-0.05, 0) is 27.8 Å². The van der Waals surface area contributed by atoms with E-state index in [1.807, 2.05) is 54.6 Å². The maximum absolute atomic E-state index is 13.6. The molecule has 1 heterocycles. The van der Waals surface area contributed by atoms with Crippen LogP contribution in [0.3, 0.4) is 0 Å². The number of imide groups is 1. The topological polar surface area (TPSA) is 66.5 Å². The van der Waals surface area contributed by atoms with Crippen LogP contribution in [0.25, 0.3) is 0 Å². The fourth-order valence-corrected chi connectivity index (χ4v) is 6.21. The minimum atomic E-state index is -0.627. The molecule has 7 rings (SSSR count). The summed E-state index contributed by atoms with van der Waals surface area (Å²) in [7, 11) is 0. The van der Waals surface area contributed by atoms with E-state index in [0.29, 0.717) is 0 Å². The Kier molecular flexibility index (Phi) is 3.94. The minimum absolute atomic E-state index is 0.106. The van der Waals surface area contributed by atoms with Crippen molar-refractivity contribution in [1.29, 1.82) is 0 Å². The maximum Gasteiger partial charge on any atom is 0.253 e. The van der Waals surface area contributed by atoms with Crippen molar-refractivity contribution in [3.05, 3.63) is 107 Å². The molecule has 5 nitrogen and oxygen atoms in total. The van der Waals surface area contributed by atoms with Crippen molar-refractivity contribution in [3.8, 4) is 0 Å². The quantitative estimate of drug-likeness (QED) is 0.659. The lowest BCUT2D eigenvalue weighted by molar-refractivity contribution is -0.149. The number of nitrogens with zero attached hydrogens (tertiary/aromatic N) is 1. The Hall–Kier alpha value is -3.73. The van der Waals surface area contributed by atoms with Crippen molar-refractivity contribution < 1.29 is 14.4 Å². The molecule has 0 aromatic heterocycles. The molecule has 3 aromatic rings. The average Bonchev–Trinajstić information content (AvgIpc) is 3.06. The van der Waals surface area contributed by atoms with Gasteiger partial charge in [0.25, 0.3) is 11.8 Å². The molecule has 3 aliphatic carbocycles. The number of rotatable bonds is 3. The zero-order valence-electron chi connectivity index (χ0n) is 17.6. The lowest BCUT2D eigenvalue weighted by Gasteiger charge is -2.52. The first kappa shape index (κ1) is 19.0. The van der Waals surface area contributed by atoms with Gasteiger partial charge in [-0.15, -0.1) is 0 Å². The van der Waals surface area contributed by atoms with E-state index in [0.717, 1.165) is 32.8 Å². The SMILES string of the molecule is CC12c3ccccc3C(c3ccccc31)C1C(=O)N(NC(=O)Cc3ccccc3)C(=O)C12. The van der Waals surface area contributed by atoms with Gasteiger partial charge in [-0.3, -0.25) is 19.8 Å². The normalized spacial score (nSPS) is 27.0. The second kappa shape index (κ2) is 6.63. The van der Waals surface area contributed by atoms with E-state index in [1.165, 1.54) is 0 Å². The van der Waals surface area contributed by atoms with E-state index >= 15 is 0 Å². The summed E-state index contributed by atoms with van der Waals surface area (Å²) in [5.74, 6) is -2.26. The van der Waals surface area contributed by atoms with Crippen LogP contribution in [0.5, 0.6) is 0 Å². The highest BCUT2D eigenvalue weighted by Gasteiger charge is 2.66. The molecule has 2 bridgehead atoms. The standard InChI is InChI=1S/C27H22N2O3/c1-27-19-13-7-5-11-17(19)22(18-12-6-8-14-20(18)27)23-24(27)26(32)29(25(23)31)28-21(30)15-16-9-3-2-4-10-16/h2-14,22-24H,15H2,1H3,(H,28,30). The summed E-state index contributed by atoms with van der Waals surface area (Å²) in [6.45, 7) is 2.07. The second-order valence-electron chi connectivity index (χ2n) is 9.07. The summed E-state index contributed by atoms with van der Waals surface area (Å²) in [6, 6.07) is 25.5. The van der Waals surface area contributed by atoms with Crippen molar-refractivity contribution >= 4 is 17.7 Å².